The van der Waals surface area contributed by atoms with Crippen LogP contribution in [0.4, 0.5) is 4.39 Å². The number of benzene rings is 2. The van der Waals surface area contributed by atoms with Crippen molar-refractivity contribution in [3.8, 4) is 0 Å². The molecule has 1 amide bonds. The molecule has 0 spiro atoms. The fraction of sp³-hybridized carbons (Fsp3) is 0.105. The maximum absolute atomic E-state index is 13.2. The number of primary amides is 1. The Labute approximate surface area is 144 Å². The van der Waals surface area contributed by atoms with Gasteiger partial charge in [-0.2, -0.15) is 0 Å². The van der Waals surface area contributed by atoms with Crippen LogP contribution >= 0.6 is 0 Å². The van der Waals surface area contributed by atoms with E-state index in [1.54, 1.807) is 23.0 Å². The first-order valence-electron chi connectivity index (χ1n) is 7.79. The Bertz CT molecular complexity index is 903. The normalized spacial score (nSPS) is 11.5. The van der Waals surface area contributed by atoms with E-state index in [0.29, 0.717) is 17.8 Å². The molecule has 0 fully saturated rings. The van der Waals surface area contributed by atoms with Gasteiger partial charge in [0.2, 0.25) is 5.91 Å². The van der Waals surface area contributed by atoms with Gasteiger partial charge >= 0.3 is 0 Å². The summed E-state index contributed by atoms with van der Waals surface area (Å²) in [6, 6.07) is 15.8. The van der Waals surface area contributed by atoms with Crippen LogP contribution in [0.3, 0.4) is 0 Å². The molecule has 0 aliphatic rings. The molecule has 0 unspecified atom stereocenters. The zero-order chi connectivity index (χ0) is 17.6. The predicted octanol–water partition coefficient (Wildman–Crippen LogP) is 2.58. The first kappa shape index (κ1) is 16.6. The third-order valence-corrected chi connectivity index (χ3v) is 3.65. The Balaban J connectivity index is 1.75. The summed E-state index contributed by atoms with van der Waals surface area (Å²) < 4.78 is 14.8. The van der Waals surface area contributed by atoms with Gasteiger partial charge in [-0.3, -0.25) is 4.79 Å². The number of halogens is 1. The van der Waals surface area contributed by atoms with Gasteiger partial charge in [0.25, 0.3) is 0 Å². The van der Waals surface area contributed by atoms with Crippen LogP contribution in [0.1, 0.15) is 16.8 Å². The summed E-state index contributed by atoms with van der Waals surface area (Å²) in [6.07, 6.45) is 3.76. The average Bonchev–Trinajstić information content (AvgIpc) is 3.02. The van der Waals surface area contributed by atoms with Crippen molar-refractivity contribution in [2.24, 2.45) is 5.73 Å². The number of amides is 1. The van der Waals surface area contributed by atoms with Crippen LogP contribution in [-0.2, 0) is 17.8 Å². The summed E-state index contributed by atoms with van der Waals surface area (Å²) in [5.41, 5.74) is 8.22. The Hall–Kier alpha value is -3.28. The topological polar surface area (TPSA) is 73.8 Å². The zero-order valence-electron chi connectivity index (χ0n) is 13.5. The van der Waals surface area contributed by atoms with E-state index in [2.05, 4.69) is 10.3 Å². The molecule has 0 bridgehead atoms. The number of nitrogens with two attached hydrogens (primary N) is 1. The van der Waals surface area contributed by atoms with Crippen molar-refractivity contribution in [2.45, 2.75) is 13.0 Å². The zero-order valence-corrected chi connectivity index (χ0v) is 13.5. The van der Waals surface area contributed by atoms with Crippen LogP contribution in [-0.4, -0.2) is 20.9 Å². The molecular weight excluding hydrogens is 319 g/mol. The highest BCUT2D eigenvalue weighted by molar-refractivity contribution is 5.96. The second kappa shape index (κ2) is 7.53. The third-order valence-electron chi connectivity index (χ3n) is 3.65. The molecule has 0 aliphatic heterocycles. The number of hydrogen-bond donors (Lipinski definition) is 1. The Morgan fingerprint density at radius 1 is 1.16 bits per heavy atom. The maximum atomic E-state index is 13.2. The van der Waals surface area contributed by atoms with Crippen LogP contribution in [0.2, 0.25) is 0 Å². The molecule has 1 heterocycles. The van der Waals surface area contributed by atoms with Crippen molar-refractivity contribution in [1.82, 2.24) is 15.0 Å². The summed E-state index contributed by atoms with van der Waals surface area (Å²) >= 11 is 0. The standard InChI is InChI=1S/C19H17FN4O/c20-17-8-4-7-15(10-17)12-24-13-18(22-23-24)11-16(19(21)25)9-14-5-2-1-3-6-14/h1-10,13H,11-12H2,(H2,21,25). The largest absolute Gasteiger partial charge is 0.366 e. The molecule has 2 aromatic carbocycles. The van der Waals surface area contributed by atoms with Gasteiger partial charge in [-0.15, -0.1) is 5.10 Å². The van der Waals surface area contributed by atoms with Gasteiger partial charge < -0.3 is 5.73 Å². The lowest BCUT2D eigenvalue weighted by Crippen LogP contribution is -2.15. The first-order chi connectivity index (χ1) is 12.1. The van der Waals surface area contributed by atoms with E-state index in [-0.39, 0.29) is 12.2 Å². The monoisotopic (exact) mass is 336 g/mol. The molecule has 0 atom stereocenters. The predicted molar refractivity (Wildman–Crippen MR) is 92.8 cm³/mol. The average molecular weight is 336 g/mol. The van der Waals surface area contributed by atoms with E-state index >= 15 is 0 Å². The fourth-order valence-corrected chi connectivity index (χ4v) is 2.47. The van der Waals surface area contributed by atoms with Crippen molar-refractivity contribution in [3.63, 3.8) is 0 Å². The van der Waals surface area contributed by atoms with E-state index < -0.39 is 5.91 Å². The highest BCUT2D eigenvalue weighted by Crippen LogP contribution is 2.12. The molecule has 0 radical (unpaired) electrons. The number of nitrogens with zero attached hydrogens (tertiary/aromatic N) is 3. The van der Waals surface area contributed by atoms with Gasteiger partial charge in [0, 0.05) is 18.2 Å². The van der Waals surface area contributed by atoms with Crippen LogP contribution in [0.15, 0.2) is 66.4 Å². The van der Waals surface area contributed by atoms with Gasteiger partial charge in [0.05, 0.1) is 12.2 Å². The summed E-state index contributed by atoms with van der Waals surface area (Å²) in [5.74, 6) is -0.789. The quantitative estimate of drug-likeness (QED) is 0.703. The van der Waals surface area contributed by atoms with E-state index in [9.17, 15) is 9.18 Å². The summed E-state index contributed by atoms with van der Waals surface area (Å²) in [7, 11) is 0. The lowest BCUT2D eigenvalue weighted by Gasteiger charge is -2.02. The minimum Gasteiger partial charge on any atom is -0.366 e. The van der Waals surface area contributed by atoms with E-state index in [1.807, 2.05) is 36.4 Å². The van der Waals surface area contributed by atoms with E-state index in [0.717, 1.165) is 11.1 Å². The molecule has 0 aliphatic carbocycles. The molecule has 1 aromatic heterocycles. The van der Waals surface area contributed by atoms with Crippen molar-refractivity contribution in [1.29, 1.82) is 0 Å². The molecule has 3 rings (SSSR count). The number of hydrogen-bond acceptors (Lipinski definition) is 3. The molecule has 3 aromatic rings. The summed E-state index contributed by atoms with van der Waals surface area (Å²) in [4.78, 5) is 11.7. The molecule has 126 valence electrons. The number of rotatable bonds is 6. The Kier molecular flexibility index (Phi) is 4.99. The lowest BCUT2D eigenvalue weighted by molar-refractivity contribution is -0.114. The third kappa shape index (κ3) is 4.60. The van der Waals surface area contributed by atoms with Gasteiger partial charge in [0.15, 0.2) is 0 Å². The number of carbonyl (C=O) groups is 1. The van der Waals surface area contributed by atoms with Gasteiger partial charge in [-0.25, -0.2) is 9.07 Å². The number of carbonyl (C=O) groups excluding carboxylic acids is 1. The molecule has 6 heteroatoms. The highest BCUT2D eigenvalue weighted by atomic mass is 19.1. The minimum atomic E-state index is -0.497. The molecular formula is C19H17FN4O. The molecule has 25 heavy (non-hydrogen) atoms. The van der Waals surface area contributed by atoms with Gasteiger partial charge in [-0.05, 0) is 29.3 Å². The van der Waals surface area contributed by atoms with Crippen molar-refractivity contribution in [3.05, 3.63) is 89.0 Å². The summed E-state index contributed by atoms with van der Waals surface area (Å²) in [5, 5.41) is 8.09. The molecule has 5 nitrogen and oxygen atoms in total. The number of aromatic nitrogens is 3. The summed E-state index contributed by atoms with van der Waals surface area (Å²) in [6.45, 7) is 0.402. The second-order valence-corrected chi connectivity index (χ2v) is 5.66. The fourth-order valence-electron chi connectivity index (χ4n) is 2.47. The van der Waals surface area contributed by atoms with Crippen molar-refractivity contribution >= 4 is 12.0 Å². The molecule has 0 saturated carbocycles. The van der Waals surface area contributed by atoms with E-state index in [4.69, 9.17) is 5.73 Å². The van der Waals surface area contributed by atoms with Crippen molar-refractivity contribution in [2.75, 3.05) is 0 Å². The van der Waals surface area contributed by atoms with Gasteiger partial charge in [-0.1, -0.05) is 47.7 Å². The molecule has 2 N–H and O–H groups in total. The first-order valence-corrected chi connectivity index (χ1v) is 7.79. The molecule has 0 saturated heterocycles. The maximum Gasteiger partial charge on any atom is 0.245 e. The Morgan fingerprint density at radius 2 is 1.96 bits per heavy atom. The van der Waals surface area contributed by atoms with Crippen molar-refractivity contribution < 1.29 is 9.18 Å². The van der Waals surface area contributed by atoms with Crippen LogP contribution in [0.25, 0.3) is 6.08 Å². The van der Waals surface area contributed by atoms with Crippen LogP contribution < -0.4 is 5.73 Å². The highest BCUT2D eigenvalue weighted by Gasteiger charge is 2.10. The SMILES string of the molecule is NC(=O)C(=Cc1ccccc1)Cc1cn(Cc2cccc(F)c2)nn1. The van der Waals surface area contributed by atoms with Crippen LogP contribution in [0, 0.1) is 5.82 Å². The lowest BCUT2D eigenvalue weighted by atomic mass is 10.1. The smallest absolute Gasteiger partial charge is 0.245 e. The minimum absolute atomic E-state index is 0.285. The Morgan fingerprint density at radius 3 is 2.68 bits per heavy atom. The van der Waals surface area contributed by atoms with E-state index in [1.165, 1.54) is 12.1 Å². The van der Waals surface area contributed by atoms with Crippen LogP contribution in [0.5, 0.6) is 0 Å². The second-order valence-electron chi connectivity index (χ2n) is 5.66. The van der Waals surface area contributed by atoms with Gasteiger partial charge in [0.1, 0.15) is 5.82 Å².